The minimum Gasteiger partial charge on any atom is -0.481 e. The molecule has 1 unspecified atom stereocenters. The van der Waals surface area contributed by atoms with Gasteiger partial charge in [0.05, 0.1) is 4.90 Å². The highest BCUT2D eigenvalue weighted by molar-refractivity contribution is 7.89. The van der Waals surface area contributed by atoms with Crippen molar-refractivity contribution < 1.29 is 27.8 Å². The largest absolute Gasteiger partial charge is 0.481 e. The van der Waals surface area contributed by atoms with Crippen LogP contribution < -0.4 is 9.47 Å². The van der Waals surface area contributed by atoms with E-state index in [9.17, 15) is 13.2 Å². The van der Waals surface area contributed by atoms with Crippen LogP contribution in [0.2, 0.25) is 0 Å². The Balaban J connectivity index is 1.81. The lowest BCUT2D eigenvalue weighted by Gasteiger charge is -2.31. The number of hydrogen-bond acceptors (Lipinski definition) is 5. The first-order chi connectivity index (χ1) is 10.5. The van der Waals surface area contributed by atoms with Gasteiger partial charge in [0.1, 0.15) is 0 Å². The van der Waals surface area contributed by atoms with Gasteiger partial charge in [-0.05, 0) is 30.9 Å². The summed E-state index contributed by atoms with van der Waals surface area (Å²) in [6.45, 7) is 0.735. The van der Waals surface area contributed by atoms with Crippen LogP contribution in [-0.2, 0) is 14.8 Å². The van der Waals surface area contributed by atoms with Crippen molar-refractivity contribution in [1.29, 1.82) is 0 Å². The van der Waals surface area contributed by atoms with Crippen molar-refractivity contribution in [2.24, 2.45) is 5.92 Å². The lowest BCUT2D eigenvalue weighted by Crippen LogP contribution is -2.40. The molecule has 0 bridgehead atoms. The summed E-state index contributed by atoms with van der Waals surface area (Å²) in [5, 5.41) is 8.88. The molecular formula is C14H17NO6S. The van der Waals surface area contributed by atoms with Crippen molar-refractivity contribution >= 4 is 16.0 Å². The second kappa shape index (κ2) is 5.77. The molecule has 0 spiro atoms. The average molecular weight is 327 g/mol. The maximum atomic E-state index is 12.7. The van der Waals surface area contributed by atoms with Gasteiger partial charge in [-0.25, -0.2) is 8.42 Å². The topological polar surface area (TPSA) is 93.1 Å². The lowest BCUT2D eigenvalue weighted by atomic mass is 9.96. The van der Waals surface area contributed by atoms with Gasteiger partial charge in [-0.15, -0.1) is 0 Å². The van der Waals surface area contributed by atoms with E-state index in [0.717, 1.165) is 6.42 Å². The highest BCUT2D eigenvalue weighted by atomic mass is 32.2. The predicted molar refractivity (Wildman–Crippen MR) is 76.3 cm³/mol. The first kappa shape index (κ1) is 15.1. The Hall–Kier alpha value is -1.80. The number of carbonyl (C=O) groups is 1. The van der Waals surface area contributed by atoms with Gasteiger partial charge in [0, 0.05) is 25.6 Å². The van der Waals surface area contributed by atoms with Crippen LogP contribution in [0.5, 0.6) is 11.5 Å². The zero-order valence-corrected chi connectivity index (χ0v) is 12.7. The monoisotopic (exact) mass is 327 g/mol. The number of fused-ring (bicyclic) bond motifs is 1. The minimum absolute atomic E-state index is 0.00679. The maximum absolute atomic E-state index is 12.7. The van der Waals surface area contributed by atoms with Crippen LogP contribution in [0.4, 0.5) is 0 Å². The summed E-state index contributed by atoms with van der Waals surface area (Å²) >= 11 is 0. The van der Waals surface area contributed by atoms with E-state index in [2.05, 4.69) is 0 Å². The fraction of sp³-hybridized carbons (Fsp3) is 0.500. The zero-order chi connectivity index (χ0) is 15.7. The summed E-state index contributed by atoms with van der Waals surface area (Å²) in [6.07, 6.45) is 1.40. The molecule has 1 aromatic rings. The van der Waals surface area contributed by atoms with Crippen LogP contribution in [-0.4, -0.2) is 43.7 Å². The average Bonchev–Trinajstić information content (AvgIpc) is 2.94. The van der Waals surface area contributed by atoms with Crippen molar-refractivity contribution in [2.45, 2.75) is 24.2 Å². The first-order valence-electron chi connectivity index (χ1n) is 7.08. The Labute approximate surface area is 128 Å². The third kappa shape index (κ3) is 2.89. The van der Waals surface area contributed by atoms with E-state index in [1.807, 2.05) is 0 Å². The molecule has 3 rings (SSSR count). The Bertz CT molecular complexity index is 687. The van der Waals surface area contributed by atoms with E-state index in [4.69, 9.17) is 14.6 Å². The van der Waals surface area contributed by atoms with Crippen molar-refractivity contribution in [3.05, 3.63) is 18.2 Å². The van der Waals surface area contributed by atoms with E-state index in [1.54, 1.807) is 6.07 Å². The first-order valence-corrected chi connectivity index (χ1v) is 8.52. The minimum atomic E-state index is -3.65. The smallest absolute Gasteiger partial charge is 0.303 e. The molecule has 2 aliphatic rings. The second-order valence-corrected chi connectivity index (χ2v) is 7.42. The summed E-state index contributed by atoms with van der Waals surface area (Å²) in [5.74, 6) is -0.0936. The van der Waals surface area contributed by atoms with Crippen molar-refractivity contribution in [1.82, 2.24) is 4.31 Å². The van der Waals surface area contributed by atoms with Gasteiger partial charge < -0.3 is 14.6 Å². The number of carboxylic acids is 1. The molecule has 1 saturated heterocycles. The summed E-state index contributed by atoms with van der Waals surface area (Å²) in [6, 6.07) is 4.52. The molecule has 0 aromatic heterocycles. The summed E-state index contributed by atoms with van der Waals surface area (Å²) in [4.78, 5) is 11.0. The van der Waals surface area contributed by atoms with E-state index in [0.29, 0.717) is 24.5 Å². The van der Waals surface area contributed by atoms with Crippen molar-refractivity contribution in [2.75, 3.05) is 19.9 Å². The van der Waals surface area contributed by atoms with Gasteiger partial charge in [-0.1, -0.05) is 0 Å². The van der Waals surface area contributed by atoms with Crippen LogP contribution in [0.25, 0.3) is 0 Å². The molecule has 22 heavy (non-hydrogen) atoms. The molecule has 1 fully saturated rings. The maximum Gasteiger partial charge on any atom is 0.303 e. The predicted octanol–water partition coefficient (Wildman–Crippen LogP) is 1.29. The molecule has 8 heteroatoms. The number of aliphatic carboxylic acids is 1. The number of hydrogen-bond donors (Lipinski definition) is 1. The standard InChI is InChI=1S/C14H17NO6S/c16-14(17)6-10-2-1-5-15(8-10)22(18,19)11-3-4-12-13(7-11)21-9-20-12/h3-4,7,10H,1-2,5-6,8-9H2,(H,16,17). The number of carboxylic acid groups (broad SMARTS) is 1. The Morgan fingerprint density at radius 3 is 2.86 bits per heavy atom. The summed E-state index contributed by atoms with van der Waals surface area (Å²) in [5.41, 5.74) is 0. The number of sulfonamides is 1. The third-order valence-corrected chi connectivity index (χ3v) is 5.79. The van der Waals surface area contributed by atoms with Gasteiger partial charge in [0.2, 0.25) is 16.8 Å². The Kier molecular flexibility index (Phi) is 3.96. The van der Waals surface area contributed by atoms with Gasteiger partial charge in [0.15, 0.2) is 11.5 Å². The molecule has 1 N–H and O–H groups in total. The molecule has 0 saturated carbocycles. The van der Waals surface area contributed by atoms with Crippen molar-refractivity contribution in [3.63, 3.8) is 0 Å². The second-order valence-electron chi connectivity index (χ2n) is 5.48. The number of ether oxygens (including phenoxy) is 2. The molecule has 2 aliphatic heterocycles. The zero-order valence-electron chi connectivity index (χ0n) is 11.9. The van der Waals surface area contributed by atoms with Gasteiger partial charge in [0.25, 0.3) is 0 Å². The summed E-state index contributed by atoms with van der Waals surface area (Å²) in [7, 11) is -3.65. The molecular weight excluding hydrogens is 310 g/mol. The molecule has 1 atom stereocenters. The molecule has 0 aliphatic carbocycles. The van der Waals surface area contributed by atoms with Crippen LogP contribution in [0.3, 0.4) is 0 Å². The van der Waals surface area contributed by atoms with Crippen LogP contribution >= 0.6 is 0 Å². The molecule has 7 nitrogen and oxygen atoms in total. The molecule has 120 valence electrons. The van der Waals surface area contributed by atoms with Gasteiger partial charge in [-0.3, -0.25) is 4.79 Å². The molecule has 1 aromatic carbocycles. The highest BCUT2D eigenvalue weighted by Crippen LogP contribution is 2.35. The van der Waals surface area contributed by atoms with E-state index < -0.39 is 16.0 Å². The van der Waals surface area contributed by atoms with E-state index >= 15 is 0 Å². The summed E-state index contributed by atoms with van der Waals surface area (Å²) < 4.78 is 37.2. The molecule has 0 amide bonds. The quantitative estimate of drug-likeness (QED) is 0.896. The number of nitrogens with zero attached hydrogens (tertiary/aromatic N) is 1. The Morgan fingerprint density at radius 2 is 2.09 bits per heavy atom. The van der Waals surface area contributed by atoms with E-state index in [1.165, 1.54) is 16.4 Å². The highest BCUT2D eigenvalue weighted by Gasteiger charge is 2.32. The third-order valence-electron chi connectivity index (χ3n) is 3.93. The fourth-order valence-electron chi connectivity index (χ4n) is 2.85. The van der Waals surface area contributed by atoms with Gasteiger partial charge in [-0.2, -0.15) is 4.31 Å². The number of rotatable bonds is 4. The van der Waals surface area contributed by atoms with Crippen LogP contribution in [0, 0.1) is 5.92 Å². The van der Waals surface area contributed by atoms with Crippen LogP contribution in [0.1, 0.15) is 19.3 Å². The fourth-order valence-corrected chi connectivity index (χ4v) is 4.42. The van der Waals surface area contributed by atoms with Crippen LogP contribution in [0.15, 0.2) is 23.1 Å². The molecule has 0 radical (unpaired) electrons. The SMILES string of the molecule is O=C(O)CC1CCCN(S(=O)(=O)c2ccc3c(c2)OCO3)C1. The Morgan fingerprint density at radius 1 is 1.32 bits per heavy atom. The molecule has 2 heterocycles. The lowest BCUT2D eigenvalue weighted by molar-refractivity contribution is -0.138. The van der Waals surface area contributed by atoms with Crippen molar-refractivity contribution in [3.8, 4) is 11.5 Å². The number of benzene rings is 1. The van der Waals surface area contributed by atoms with Gasteiger partial charge >= 0.3 is 5.97 Å². The van der Waals surface area contributed by atoms with E-state index in [-0.39, 0.29) is 30.6 Å². The number of piperidine rings is 1. The normalized spacial score (nSPS) is 21.7.